The van der Waals surface area contributed by atoms with Crippen molar-refractivity contribution in [2.45, 2.75) is 17.7 Å². The molecule has 0 amide bonds. The summed E-state index contributed by atoms with van der Waals surface area (Å²) < 4.78 is 34.8. The molecule has 0 fully saturated rings. The SMILES string of the molecule is COc1cccc2ccc(CCCOS(=O)(=O)c3ccc([N+](=O)[O-])cc3)cc12. The van der Waals surface area contributed by atoms with Crippen LogP contribution < -0.4 is 4.74 Å². The van der Waals surface area contributed by atoms with Crippen LogP contribution in [0.3, 0.4) is 0 Å². The van der Waals surface area contributed by atoms with Crippen LogP contribution in [0.15, 0.2) is 65.6 Å². The fourth-order valence-corrected chi connectivity index (χ4v) is 3.81. The lowest BCUT2D eigenvalue weighted by Crippen LogP contribution is -2.08. The summed E-state index contributed by atoms with van der Waals surface area (Å²) in [4.78, 5) is 9.96. The highest BCUT2D eigenvalue weighted by molar-refractivity contribution is 7.86. The van der Waals surface area contributed by atoms with Gasteiger partial charge in [0.25, 0.3) is 15.8 Å². The monoisotopic (exact) mass is 401 g/mol. The molecule has 0 aliphatic rings. The maximum Gasteiger partial charge on any atom is 0.296 e. The summed E-state index contributed by atoms with van der Waals surface area (Å²) in [5, 5.41) is 12.7. The van der Waals surface area contributed by atoms with Gasteiger partial charge in [0.05, 0.1) is 23.5 Å². The molecule has 0 unspecified atom stereocenters. The van der Waals surface area contributed by atoms with Crippen molar-refractivity contribution in [3.8, 4) is 5.75 Å². The fraction of sp³-hybridized carbons (Fsp3) is 0.200. The number of nitro groups is 1. The number of rotatable bonds is 8. The van der Waals surface area contributed by atoms with Gasteiger partial charge in [-0.15, -0.1) is 0 Å². The zero-order chi connectivity index (χ0) is 20.1. The average molecular weight is 401 g/mol. The molecule has 146 valence electrons. The predicted octanol–water partition coefficient (Wildman–Crippen LogP) is 4.09. The number of hydrogen-bond donors (Lipinski definition) is 0. The summed E-state index contributed by atoms with van der Waals surface area (Å²) in [6.45, 7) is 0.0171. The average Bonchev–Trinajstić information content (AvgIpc) is 2.70. The van der Waals surface area contributed by atoms with Crippen LogP contribution in [0.5, 0.6) is 5.75 Å². The molecule has 0 aromatic heterocycles. The van der Waals surface area contributed by atoms with E-state index in [9.17, 15) is 18.5 Å². The quantitative estimate of drug-likeness (QED) is 0.244. The summed E-state index contributed by atoms with van der Waals surface area (Å²) in [6, 6.07) is 16.5. The van der Waals surface area contributed by atoms with E-state index in [1.807, 2.05) is 36.4 Å². The van der Waals surface area contributed by atoms with Gasteiger partial charge in [-0.25, -0.2) is 0 Å². The van der Waals surface area contributed by atoms with Crippen molar-refractivity contribution in [2.75, 3.05) is 13.7 Å². The third kappa shape index (κ3) is 4.47. The van der Waals surface area contributed by atoms with E-state index in [4.69, 9.17) is 8.92 Å². The number of fused-ring (bicyclic) bond motifs is 1. The largest absolute Gasteiger partial charge is 0.496 e. The summed E-state index contributed by atoms with van der Waals surface area (Å²) in [5.41, 5.74) is 0.874. The number of nitro benzene ring substituents is 1. The molecule has 0 saturated heterocycles. The van der Waals surface area contributed by atoms with Gasteiger partial charge in [-0.3, -0.25) is 14.3 Å². The van der Waals surface area contributed by atoms with Crippen molar-refractivity contribution in [1.29, 1.82) is 0 Å². The highest BCUT2D eigenvalue weighted by Gasteiger charge is 2.16. The smallest absolute Gasteiger partial charge is 0.296 e. The Kier molecular flexibility index (Phi) is 5.91. The van der Waals surface area contributed by atoms with Crippen LogP contribution in [0, 0.1) is 10.1 Å². The van der Waals surface area contributed by atoms with Crippen LogP contribution in [-0.4, -0.2) is 27.1 Å². The van der Waals surface area contributed by atoms with E-state index in [1.54, 1.807) is 7.11 Å². The minimum Gasteiger partial charge on any atom is -0.496 e. The Bertz CT molecular complexity index is 1090. The Morgan fingerprint density at radius 2 is 1.79 bits per heavy atom. The summed E-state index contributed by atoms with van der Waals surface area (Å²) in [5.74, 6) is 0.788. The summed E-state index contributed by atoms with van der Waals surface area (Å²) >= 11 is 0. The lowest BCUT2D eigenvalue weighted by Gasteiger charge is -2.08. The molecule has 3 aromatic carbocycles. The first-order valence-electron chi connectivity index (χ1n) is 8.60. The lowest BCUT2D eigenvalue weighted by molar-refractivity contribution is -0.384. The predicted molar refractivity (Wildman–Crippen MR) is 105 cm³/mol. The van der Waals surface area contributed by atoms with Gasteiger partial charge in [0.2, 0.25) is 0 Å². The van der Waals surface area contributed by atoms with Crippen LogP contribution >= 0.6 is 0 Å². The van der Waals surface area contributed by atoms with Gasteiger partial charge in [0, 0.05) is 17.5 Å². The second kappa shape index (κ2) is 8.37. The zero-order valence-electron chi connectivity index (χ0n) is 15.2. The number of hydrogen-bond acceptors (Lipinski definition) is 6. The maximum absolute atomic E-state index is 12.2. The van der Waals surface area contributed by atoms with Crippen LogP contribution in [0.2, 0.25) is 0 Å². The van der Waals surface area contributed by atoms with Gasteiger partial charge < -0.3 is 4.74 Å². The van der Waals surface area contributed by atoms with Gasteiger partial charge in [-0.1, -0.05) is 24.3 Å². The number of nitrogens with zero attached hydrogens (tertiary/aromatic N) is 1. The van der Waals surface area contributed by atoms with E-state index in [0.29, 0.717) is 12.8 Å². The fourth-order valence-electron chi connectivity index (χ4n) is 2.87. The van der Waals surface area contributed by atoms with Crippen LogP contribution in [0.25, 0.3) is 10.8 Å². The molecule has 0 bridgehead atoms. The molecular formula is C20H19NO6S. The highest BCUT2D eigenvalue weighted by Crippen LogP contribution is 2.26. The van der Waals surface area contributed by atoms with Crippen LogP contribution in [-0.2, 0) is 20.7 Å². The molecule has 3 aromatic rings. The van der Waals surface area contributed by atoms with Crippen molar-refractivity contribution in [2.24, 2.45) is 0 Å². The third-order valence-corrected chi connectivity index (χ3v) is 5.64. The Balaban J connectivity index is 1.60. The number of ether oxygens (including phenoxy) is 1. The van der Waals surface area contributed by atoms with Crippen molar-refractivity contribution in [1.82, 2.24) is 0 Å². The molecule has 0 heterocycles. The van der Waals surface area contributed by atoms with Crippen molar-refractivity contribution >= 4 is 26.6 Å². The van der Waals surface area contributed by atoms with Crippen molar-refractivity contribution in [3.05, 3.63) is 76.3 Å². The molecule has 0 aliphatic carbocycles. The first-order valence-corrected chi connectivity index (χ1v) is 10.0. The number of benzene rings is 3. The minimum atomic E-state index is -3.95. The van der Waals surface area contributed by atoms with Crippen molar-refractivity contribution in [3.63, 3.8) is 0 Å². The van der Waals surface area contributed by atoms with E-state index in [0.717, 1.165) is 34.2 Å². The zero-order valence-corrected chi connectivity index (χ0v) is 16.0. The number of aryl methyl sites for hydroxylation is 1. The number of non-ortho nitro benzene ring substituents is 1. The first-order chi connectivity index (χ1) is 13.4. The number of methoxy groups -OCH3 is 1. The van der Waals surface area contributed by atoms with E-state index in [1.165, 1.54) is 12.1 Å². The normalized spacial score (nSPS) is 11.5. The third-order valence-electron chi connectivity index (χ3n) is 4.31. The molecule has 0 aliphatic heterocycles. The summed E-state index contributed by atoms with van der Waals surface area (Å²) in [6.07, 6.45) is 1.15. The molecule has 8 heteroatoms. The molecule has 0 saturated carbocycles. The Morgan fingerprint density at radius 1 is 1.04 bits per heavy atom. The van der Waals surface area contributed by atoms with E-state index >= 15 is 0 Å². The van der Waals surface area contributed by atoms with E-state index in [2.05, 4.69) is 0 Å². The molecule has 7 nitrogen and oxygen atoms in total. The van der Waals surface area contributed by atoms with E-state index < -0.39 is 15.0 Å². The van der Waals surface area contributed by atoms with Gasteiger partial charge in [0.15, 0.2) is 0 Å². The second-order valence-corrected chi connectivity index (χ2v) is 7.76. The van der Waals surface area contributed by atoms with Gasteiger partial charge in [-0.2, -0.15) is 8.42 Å². The highest BCUT2D eigenvalue weighted by atomic mass is 32.2. The van der Waals surface area contributed by atoms with Gasteiger partial charge >= 0.3 is 0 Å². The molecule has 3 rings (SSSR count). The maximum atomic E-state index is 12.2. The Hall–Kier alpha value is -2.97. The molecule has 0 radical (unpaired) electrons. The Labute approximate surface area is 162 Å². The second-order valence-electron chi connectivity index (χ2n) is 6.15. The van der Waals surface area contributed by atoms with Gasteiger partial charge in [-0.05, 0) is 48.1 Å². The molecule has 0 N–H and O–H groups in total. The van der Waals surface area contributed by atoms with Gasteiger partial charge in [0.1, 0.15) is 5.75 Å². The van der Waals surface area contributed by atoms with Crippen molar-refractivity contribution < 1.29 is 22.3 Å². The first kappa shape index (κ1) is 19.8. The minimum absolute atomic E-state index is 0.0171. The standard InChI is InChI=1S/C20H19NO6S/c1-26-20-6-2-5-16-8-7-15(14-19(16)20)4-3-13-27-28(24,25)18-11-9-17(10-12-18)21(22)23/h2,5-12,14H,3-4,13H2,1H3. The van der Waals surface area contributed by atoms with Crippen LogP contribution in [0.1, 0.15) is 12.0 Å². The summed E-state index contributed by atoms with van der Waals surface area (Å²) in [7, 11) is -2.32. The van der Waals surface area contributed by atoms with E-state index in [-0.39, 0.29) is 17.2 Å². The van der Waals surface area contributed by atoms with Crippen LogP contribution in [0.4, 0.5) is 5.69 Å². The molecule has 0 spiro atoms. The molecular weight excluding hydrogens is 382 g/mol. The topological polar surface area (TPSA) is 95.7 Å². The Morgan fingerprint density at radius 3 is 2.46 bits per heavy atom. The lowest BCUT2D eigenvalue weighted by atomic mass is 10.0. The molecule has 0 atom stereocenters. The molecule has 28 heavy (non-hydrogen) atoms.